The zero-order valence-corrected chi connectivity index (χ0v) is 23.2. The average Bonchev–Trinajstić information content (AvgIpc) is 3.62. The minimum atomic E-state index is 0.784. The molecule has 0 atom stereocenters. The van der Waals surface area contributed by atoms with E-state index in [1.54, 1.807) is 0 Å². The van der Waals surface area contributed by atoms with Crippen LogP contribution >= 0.6 is 0 Å². The van der Waals surface area contributed by atoms with Crippen molar-refractivity contribution in [2.24, 2.45) is 0 Å². The minimum absolute atomic E-state index is 0.784. The van der Waals surface area contributed by atoms with Crippen molar-refractivity contribution in [3.8, 4) is 5.69 Å². The summed E-state index contributed by atoms with van der Waals surface area (Å²) in [6.07, 6.45) is 1.83. The van der Waals surface area contributed by atoms with E-state index in [4.69, 9.17) is 9.40 Å². The van der Waals surface area contributed by atoms with E-state index in [1.165, 1.54) is 32.6 Å². The fourth-order valence-electron chi connectivity index (χ4n) is 6.48. The Morgan fingerprint density at radius 1 is 0.512 bits per heavy atom. The molecule has 0 unspecified atom stereocenters. The van der Waals surface area contributed by atoms with E-state index in [-0.39, 0.29) is 0 Å². The number of fused-ring (bicyclic) bond motifs is 8. The van der Waals surface area contributed by atoms with Crippen molar-refractivity contribution in [3.63, 3.8) is 0 Å². The molecule has 3 aromatic heterocycles. The van der Waals surface area contributed by atoms with Gasteiger partial charge in [0.1, 0.15) is 11.4 Å². The average molecular weight is 552 g/mol. The Bertz CT molecular complexity index is 2450. The molecule has 0 bridgehead atoms. The van der Waals surface area contributed by atoms with Gasteiger partial charge in [0.15, 0.2) is 5.58 Å². The van der Waals surface area contributed by atoms with E-state index < -0.39 is 0 Å². The summed E-state index contributed by atoms with van der Waals surface area (Å²) in [7, 11) is 0. The highest BCUT2D eigenvalue weighted by Gasteiger charge is 2.18. The summed E-state index contributed by atoms with van der Waals surface area (Å²) in [4.78, 5) is 7.07. The molecule has 0 saturated carbocycles. The zero-order valence-electron chi connectivity index (χ0n) is 23.2. The Morgan fingerprint density at radius 3 is 2.07 bits per heavy atom. The molecule has 9 rings (SSSR count). The maximum Gasteiger partial charge on any atom is 0.153 e. The van der Waals surface area contributed by atoms with E-state index in [0.29, 0.717) is 0 Å². The van der Waals surface area contributed by atoms with E-state index >= 15 is 0 Å². The fraction of sp³-hybridized carbons (Fsp3) is 0. The molecule has 43 heavy (non-hydrogen) atoms. The van der Waals surface area contributed by atoms with Gasteiger partial charge < -0.3 is 8.98 Å². The van der Waals surface area contributed by atoms with Crippen molar-refractivity contribution in [1.29, 1.82) is 0 Å². The van der Waals surface area contributed by atoms with E-state index in [9.17, 15) is 0 Å². The maximum absolute atomic E-state index is 6.07. The molecule has 0 N–H and O–H groups in total. The summed E-state index contributed by atoms with van der Waals surface area (Å²) >= 11 is 0. The number of nitrogens with zero attached hydrogens (tertiary/aromatic N) is 3. The second kappa shape index (κ2) is 9.33. The largest absolute Gasteiger partial charge is 0.454 e. The van der Waals surface area contributed by atoms with Crippen LogP contribution in [0, 0.1) is 0 Å². The highest BCUT2D eigenvalue weighted by atomic mass is 16.3. The summed E-state index contributed by atoms with van der Waals surface area (Å²) in [5.74, 6) is 0.834. The van der Waals surface area contributed by atoms with Crippen molar-refractivity contribution in [3.05, 3.63) is 152 Å². The molecule has 0 aliphatic heterocycles. The quantitative estimate of drug-likeness (QED) is 0.218. The molecular weight excluding hydrogens is 526 g/mol. The first-order valence-corrected chi connectivity index (χ1v) is 14.5. The summed E-state index contributed by atoms with van der Waals surface area (Å²) in [6, 6.07) is 51.2. The third kappa shape index (κ3) is 3.67. The number of hydrogen-bond acceptors (Lipinski definition) is 3. The van der Waals surface area contributed by atoms with Gasteiger partial charge in [-0.2, -0.15) is 0 Å². The molecule has 4 nitrogen and oxygen atoms in total. The molecule has 9 aromatic rings. The van der Waals surface area contributed by atoms with Gasteiger partial charge in [-0.05, 0) is 60.0 Å². The molecule has 4 heteroatoms. The maximum atomic E-state index is 6.07. The Kier molecular flexibility index (Phi) is 5.16. The highest BCUT2D eigenvalue weighted by Crippen LogP contribution is 2.39. The second-order valence-corrected chi connectivity index (χ2v) is 10.9. The van der Waals surface area contributed by atoms with Crippen LogP contribution in [0.1, 0.15) is 0 Å². The molecule has 0 aliphatic rings. The molecule has 202 valence electrons. The smallest absolute Gasteiger partial charge is 0.153 e. The SMILES string of the molecule is c1ccc(N(c2ccc(-n3c4ccccc4c4ccc5ccccc5c43)cc2)c2cc3c(cn2)oc2ccccc23)cc1. The zero-order chi connectivity index (χ0) is 28.3. The Morgan fingerprint density at radius 2 is 1.21 bits per heavy atom. The van der Waals surface area contributed by atoms with Crippen molar-refractivity contribution >= 4 is 71.7 Å². The molecule has 0 aliphatic carbocycles. The van der Waals surface area contributed by atoms with Crippen LogP contribution in [0.2, 0.25) is 0 Å². The van der Waals surface area contributed by atoms with Gasteiger partial charge in [-0.3, -0.25) is 4.90 Å². The number of furan rings is 1. The van der Waals surface area contributed by atoms with Gasteiger partial charge in [0.25, 0.3) is 0 Å². The lowest BCUT2D eigenvalue weighted by Gasteiger charge is -2.24. The summed E-state index contributed by atoms with van der Waals surface area (Å²) in [6.45, 7) is 0. The van der Waals surface area contributed by atoms with Gasteiger partial charge in [0.05, 0.1) is 17.2 Å². The van der Waals surface area contributed by atoms with E-state index in [2.05, 4.69) is 131 Å². The van der Waals surface area contributed by atoms with Gasteiger partial charge in [-0.25, -0.2) is 4.98 Å². The first kappa shape index (κ1) is 23.8. The third-order valence-corrected chi connectivity index (χ3v) is 8.42. The lowest BCUT2D eigenvalue weighted by atomic mass is 10.1. The van der Waals surface area contributed by atoms with E-state index in [1.807, 2.05) is 30.5 Å². The molecule has 0 radical (unpaired) electrons. The number of pyridine rings is 1. The van der Waals surface area contributed by atoms with Crippen molar-refractivity contribution in [2.75, 3.05) is 4.90 Å². The number of benzene rings is 6. The second-order valence-electron chi connectivity index (χ2n) is 10.9. The lowest BCUT2D eigenvalue weighted by Crippen LogP contribution is -2.11. The standard InChI is InChI=1S/C39H25N3O/c1-2-11-27(12-3-1)41(38-24-34-32-15-7-9-17-36(32)43-37(34)25-40-38)28-19-21-29(22-20-28)42-35-16-8-6-14-31(35)33-23-18-26-10-4-5-13-30(26)39(33)42/h1-25H. The van der Waals surface area contributed by atoms with Crippen molar-refractivity contribution in [2.45, 2.75) is 0 Å². The predicted octanol–water partition coefficient (Wildman–Crippen LogP) is 10.7. The lowest BCUT2D eigenvalue weighted by molar-refractivity contribution is 0.667. The summed E-state index contributed by atoms with van der Waals surface area (Å²) < 4.78 is 8.47. The normalized spacial score (nSPS) is 11.7. The summed E-state index contributed by atoms with van der Waals surface area (Å²) in [5.41, 5.74) is 7.26. The molecule has 0 fully saturated rings. The van der Waals surface area contributed by atoms with Crippen LogP contribution in [-0.2, 0) is 0 Å². The molecule has 0 amide bonds. The van der Waals surface area contributed by atoms with Crippen LogP contribution in [0.15, 0.2) is 156 Å². The highest BCUT2D eigenvalue weighted by molar-refractivity contribution is 6.18. The molecule has 6 aromatic carbocycles. The Labute approximate surface area is 247 Å². The Hall–Kier alpha value is -5.87. The summed E-state index contributed by atoms with van der Waals surface area (Å²) in [5, 5.41) is 7.13. The molecular formula is C39H25N3O. The van der Waals surface area contributed by atoms with E-state index in [0.717, 1.165) is 44.8 Å². The number of para-hydroxylation sites is 3. The van der Waals surface area contributed by atoms with Gasteiger partial charge in [-0.1, -0.05) is 91.0 Å². The van der Waals surface area contributed by atoms with Crippen LogP contribution in [0.5, 0.6) is 0 Å². The van der Waals surface area contributed by atoms with Crippen LogP contribution in [-0.4, -0.2) is 9.55 Å². The van der Waals surface area contributed by atoms with Gasteiger partial charge in [0, 0.05) is 44.0 Å². The number of rotatable bonds is 4. The van der Waals surface area contributed by atoms with Gasteiger partial charge in [0.2, 0.25) is 0 Å². The van der Waals surface area contributed by atoms with Crippen LogP contribution in [0.25, 0.3) is 60.2 Å². The Balaban J connectivity index is 1.24. The monoisotopic (exact) mass is 551 g/mol. The fourth-order valence-corrected chi connectivity index (χ4v) is 6.48. The van der Waals surface area contributed by atoms with Crippen LogP contribution < -0.4 is 4.90 Å². The van der Waals surface area contributed by atoms with Crippen molar-refractivity contribution < 1.29 is 4.42 Å². The van der Waals surface area contributed by atoms with Crippen molar-refractivity contribution in [1.82, 2.24) is 9.55 Å². The molecule has 0 saturated heterocycles. The van der Waals surface area contributed by atoms with Crippen LogP contribution in [0.3, 0.4) is 0 Å². The molecule has 0 spiro atoms. The topological polar surface area (TPSA) is 34.2 Å². The molecule has 3 heterocycles. The number of anilines is 3. The number of hydrogen-bond donors (Lipinski definition) is 0. The van der Waals surface area contributed by atoms with Crippen LogP contribution in [0.4, 0.5) is 17.2 Å². The first-order valence-electron chi connectivity index (χ1n) is 14.5. The predicted molar refractivity (Wildman–Crippen MR) is 178 cm³/mol. The van der Waals surface area contributed by atoms with Gasteiger partial charge >= 0.3 is 0 Å². The first-order chi connectivity index (χ1) is 21.3. The number of aromatic nitrogens is 2. The minimum Gasteiger partial charge on any atom is -0.454 e. The third-order valence-electron chi connectivity index (χ3n) is 8.42. The van der Waals surface area contributed by atoms with Gasteiger partial charge in [-0.15, -0.1) is 0 Å².